The Balaban J connectivity index is 1.86. The van der Waals surface area contributed by atoms with Gasteiger partial charge in [-0.15, -0.1) is 0 Å². The zero-order valence-corrected chi connectivity index (χ0v) is 14.3. The fraction of sp³-hybridized carbons (Fsp3) is 0.368. The van der Waals surface area contributed by atoms with Gasteiger partial charge < -0.3 is 14.5 Å². The minimum Gasteiger partial charge on any atom is -0.462 e. The molecule has 0 amide bonds. The minimum absolute atomic E-state index is 0.175. The van der Waals surface area contributed by atoms with Gasteiger partial charge in [0.25, 0.3) is 0 Å². The van der Waals surface area contributed by atoms with Gasteiger partial charge in [0.1, 0.15) is 6.10 Å². The molecule has 1 aromatic carbocycles. The van der Waals surface area contributed by atoms with E-state index in [9.17, 15) is 9.59 Å². The number of rotatable bonds is 5. The third-order valence-corrected chi connectivity index (χ3v) is 4.26. The van der Waals surface area contributed by atoms with E-state index in [4.69, 9.17) is 9.47 Å². The van der Waals surface area contributed by atoms with Gasteiger partial charge in [-0.25, -0.2) is 4.79 Å². The minimum atomic E-state index is -0.546. The first-order valence-electron chi connectivity index (χ1n) is 8.06. The van der Waals surface area contributed by atoms with E-state index in [1.54, 1.807) is 20.8 Å². The molecular formula is C19H21NO4. The first-order chi connectivity index (χ1) is 11.4. The number of Topliss-reactive ketones (excluding diaryl/α,β-unsaturated/α-hetero) is 1. The van der Waals surface area contributed by atoms with Gasteiger partial charge in [0.05, 0.1) is 17.7 Å². The van der Waals surface area contributed by atoms with Crippen molar-refractivity contribution in [1.82, 2.24) is 4.98 Å². The van der Waals surface area contributed by atoms with Crippen LogP contribution < -0.4 is 0 Å². The lowest BCUT2D eigenvalue weighted by molar-refractivity contribution is 0.0522. The van der Waals surface area contributed by atoms with Gasteiger partial charge in [-0.2, -0.15) is 0 Å². The molecule has 126 valence electrons. The second kappa shape index (κ2) is 6.24. The highest BCUT2D eigenvalue weighted by atomic mass is 16.6. The van der Waals surface area contributed by atoms with Crippen molar-refractivity contribution in [2.24, 2.45) is 0 Å². The fourth-order valence-electron chi connectivity index (χ4n) is 3.01. The molecule has 0 saturated carbocycles. The van der Waals surface area contributed by atoms with E-state index in [-0.39, 0.29) is 18.5 Å². The number of benzene rings is 1. The topological polar surface area (TPSA) is 71.7 Å². The highest BCUT2D eigenvalue weighted by Gasteiger charge is 2.48. The maximum absolute atomic E-state index is 12.9. The van der Waals surface area contributed by atoms with Crippen LogP contribution in [-0.4, -0.2) is 29.4 Å². The summed E-state index contributed by atoms with van der Waals surface area (Å²) in [5.41, 5.74) is 4.13. The van der Waals surface area contributed by atoms with Crippen LogP contribution in [0.25, 0.3) is 0 Å². The van der Waals surface area contributed by atoms with E-state index in [2.05, 4.69) is 4.98 Å². The van der Waals surface area contributed by atoms with Crippen LogP contribution in [0.4, 0.5) is 0 Å². The number of hydrogen-bond donors (Lipinski definition) is 1. The predicted octanol–water partition coefficient (Wildman–Crippen LogP) is 3.44. The van der Waals surface area contributed by atoms with Crippen LogP contribution in [0.1, 0.15) is 56.3 Å². The first-order valence-corrected chi connectivity index (χ1v) is 8.06. The van der Waals surface area contributed by atoms with Gasteiger partial charge in [-0.1, -0.05) is 29.8 Å². The maximum Gasteiger partial charge on any atom is 0.340 e. The first kappa shape index (κ1) is 16.5. The van der Waals surface area contributed by atoms with E-state index >= 15 is 0 Å². The molecule has 1 N–H and O–H groups in total. The third-order valence-electron chi connectivity index (χ3n) is 4.26. The molecule has 0 radical (unpaired) electrons. The van der Waals surface area contributed by atoms with Gasteiger partial charge in [0, 0.05) is 11.4 Å². The lowest BCUT2D eigenvalue weighted by Crippen LogP contribution is -2.15. The monoisotopic (exact) mass is 327 g/mol. The van der Waals surface area contributed by atoms with Crippen LogP contribution >= 0.6 is 0 Å². The lowest BCUT2D eigenvalue weighted by Gasteiger charge is -2.04. The molecule has 0 unspecified atom stereocenters. The number of aromatic amines is 1. The van der Waals surface area contributed by atoms with E-state index < -0.39 is 12.1 Å². The van der Waals surface area contributed by atoms with Crippen molar-refractivity contribution in [3.63, 3.8) is 0 Å². The van der Waals surface area contributed by atoms with Crippen molar-refractivity contribution < 1.29 is 19.1 Å². The van der Waals surface area contributed by atoms with E-state index in [1.807, 2.05) is 31.2 Å². The number of esters is 1. The van der Waals surface area contributed by atoms with Crippen molar-refractivity contribution in [2.45, 2.75) is 39.9 Å². The second-order valence-electron chi connectivity index (χ2n) is 6.10. The number of ether oxygens (including phenoxy) is 2. The van der Waals surface area contributed by atoms with Crippen LogP contribution in [0, 0.1) is 20.8 Å². The Bertz CT molecular complexity index is 788. The van der Waals surface area contributed by atoms with Crippen LogP contribution in [-0.2, 0) is 9.47 Å². The maximum atomic E-state index is 12.9. The lowest BCUT2D eigenvalue weighted by atomic mass is 9.98. The van der Waals surface area contributed by atoms with Gasteiger partial charge >= 0.3 is 5.97 Å². The molecule has 2 aromatic rings. The average Bonchev–Trinajstić information content (AvgIpc) is 3.27. The highest BCUT2D eigenvalue weighted by Crippen LogP contribution is 2.41. The Hall–Kier alpha value is -2.40. The number of nitrogens with one attached hydrogen (secondary N) is 1. The average molecular weight is 327 g/mol. The zero-order valence-electron chi connectivity index (χ0n) is 14.3. The van der Waals surface area contributed by atoms with Gasteiger partial charge in [-0.3, -0.25) is 4.79 Å². The summed E-state index contributed by atoms with van der Waals surface area (Å²) in [6.07, 6.45) is -0.794. The Morgan fingerprint density at radius 3 is 2.33 bits per heavy atom. The van der Waals surface area contributed by atoms with Crippen molar-refractivity contribution in [2.75, 3.05) is 6.61 Å². The van der Waals surface area contributed by atoms with E-state index in [0.29, 0.717) is 22.5 Å². The Kier molecular flexibility index (Phi) is 4.28. The SMILES string of the molecule is CCOC(=O)c1c(C)[nH]c(C)c1C(=O)[C@H]1O[C@@H]1c1ccc(C)cc1. The number of aromatic nitrogens is 1. The molecule has 0 spiro atoms. The van der Waals surface area contributed by atoms with Crippen molar-refractivity contribution in [1.29, 1.82) is 0 Å². The summed E-state index contributed by atoms with van der Waals surface area (Å²) < 4.78 is 10.7. The quantitative estimate of drug-likeness (QED) is 0.519. The predicted molar refractivity (Wildman–Crippen MR) is 89.3 cm³/mol. The van der Waals surface area contributed by atoms with E-state index in [1.165, 1.54) is 0 Å². The van der Waals surface area contributed by atoms with Crippen LogP contribution in [0.5, 0.6) is 0 Å². The Morgan fingerprint density at radius 2 is 1.71 bits per heavy atom. The summed E-state index contributed by atoms with van der Waals surface area (Å²) in [5.74, 6) is -0.652. The fourth-order valence-corrected chi connectivity index (χ4v) is 3.01. The molecule has 24 heavy (non-hydrogen) atoms. The van der Waals surface area contributed by atoms with Crippen molar-refractivity contribution in [3.05, 3.63) is 57.9 Å². The summed E-state index contributed by atoms with van der Waals surface area (Å²) in [6.45, 7) is 7.57. The highest BCUT2D eigenvalue weighted by molar-refractivity contribution is 6.11. The summed E-state index contributed by atoms with van der Waals surface area (Å²) >= 11 is 0. The molecule has 1 aromatic heterocycles. The second-order valence-corrected chi connectivity index (χ2v) is 6.10. The van der Waals surface area contributed by atoms with Crippen molar-refractivity contribution >= 4 is 11.8 Å². The number of carbonyl (C=O) groups excluding carboxylic acids is 2. The van der Waals surface area contributed by atoms with Crippen LogP contribution in [0.2, 0.25) is 0 Å². The number of aryl methyl sites for hydroxylation is 3. The molecular weight excluding hydrogens is 306 g/mol. The number of carbonyl (C=O) groups is 2. The van der Waals surface area contributed by atoms with Crippen molar-refractivity contribution in [3.8, 4) is 0 Å². The molecule has 2 heterocycles. The largest absolute Gasteiger partial charge is 0.462 e. The number of H-pyrrole nitrogens is 1. The summed E-state index contributed by atoms with van der Waals surface area (Å²) in [4.78, 5) is 28.1. The molecule has 1 fully saturated rings. The normalized spacial score (nSPS) is 19.2. The summed E-state index contributed by atoms with van der Waals surface area (Å²) in [5, 5.41) is 0. The molecule has 0 aliphatic carbocycles. The standard InChI is InChI=1S/C19H21NO4/c1-5-23-19(22)15-12(4)20-11(3)14(15)16(21)18-17(24-18)13-8-6-10(2)7-9-13/h6-9,17-18,20H,5H2,1-4H3/t17-,18-/m1/s1. The van der Waals surface area contributed by atoms with Gasteiger partial charge in [0.15, 0.2) is 11.9 Å². The number of hydrogen-bond acceptors (Lipinski definition) is 4. The molecule has 1 aliphatic rings. The molecule has 3 rings (SSSR count). The third kappa shape index (κ3) is 2.87. The molecule has 1 saturated heterocycles. The molecule has 0 bridgehead atoms. The van der Waals surface area contributed by atoms with Crippen LogP contribution in [0.3, 0.4) is 0 Å². The van der Waals surface area contributed by atoms with Crippen LogP contribution in [0.15, 0.2) is 24.3 Å². The molecule has 5 heteroatoms. The Labute approximate surface area is 141 Å². The zero-order chi connectivity index (χ0) is 17.4. The number of ketones is 1. The number of epoxide rings is 1. The smallest absolute Gasteiger partial charge is 0.340 e. The Morgan fingerprint density at radius 1 is 1.08 bits per heavy atom. The van der Waals surface area contributed by atoms with Gasteiger partial charge in [0.2, 0.25) is 0 Å². The van der Waals surface area contributed by atoms with E-state index in [0.717, 1.165) is 11.1 Å². The molecule has 2 atom stereocenters. The molecule has 1 aliphatic heterocycles. The summed E-state index contributed by atoms with van der Waals surface area (Å²) in [6, 6.07) is 7.92. The van der Waals surface area contributed by atoms with Gasteiger partial charge in [-0.05, 0) is 33.3 Å². The summed E-state index contributed by atoms with van der Waals surface area (Å²) in [7, 11) is 0. The molecule has 5 nitrogen and oxygen atoms in total.